The highest BCUT2D eigenvalue weighted by atomic mass is 127. The van der Waals surface area contributed by atoms with Crippen molar-refractivity contribution < 1.29 is 13.9 Å². The number of carbonyl (C=O) groups excluding carboxylic acids is 1. The number of rotatable bonds is 6. The molecule has 2 aromatic rings. The number of oxazole rings is 1. The summed E-state index contributed by atoms with van der Waals surface area (Å²) in [4.78, 5) is 25.1. The molecule has 1 aromatic carbocycles. The molecule has 31 heavy (non-hydrogen) atoms. The van der Waals surface area contributed by atoms with Gasteiger partial charge < -0.3 is 24.3 Å². The molecule has 0 spiro atoms. The van der Waals surface area contributed by atoms with Crippen molar-refractivity contribution in [1.82, 2.24) is 20.1 Å². The van der Waals surface area contributed by atoms with Crippen LogP contribution in [-0.4, -0.2) is 72.7 Å². The summed E-state index contributed by atoms with van der Waals surface area (Å²) in [5.41, 5.74) is 3.07. The number of aliphatic imine (C=N–C) groups is 1. The second-order valence-electron chi connectivity index (χ2n) is 7.17. The Kier molecular flexibility index (Phi) is 10.1. The van der Waals surface area contributed by atoms with Crippen molar-refractivity contribution in [2.75, 3.05) is 45.9 Å². The lowest BCUT2D eigenvalue weighted by Gasteiger charge is -2.35. The standard InChI is InChI=1S/C22H31N5O3.HI/c1-4-23-21(26-12-14-27(15-13-26)22(28)29-5-2)24-11-10-19-16-30-20(25-19)18-8-6-17(3)7-9-18;/h6-9,16H,4-5,10-15H2,1-3H3,(H,23,24);1H. The van der Waals surface area contributed by atoms with Gasteiger partial charge in [0.15, 0.2) is 5.96 Å². The summed E-state index contributed by atoms with van der Waals surface area (Å²) < 4.78 is 10.7. The zero-order chi connectivity index (χ0) is 21.3. The molecule has 0 atom stereocenters. The minimum Gasteiger partial charge on any atom is -0.450 e. The van der Waals surface area contributed by atoms with Crippen molar-refractivity contribution in [3.63, 3.8) is 0 Å². The van der Waals surface area contributed by atoms with Crippen molar-refractivity contribution in [2.24, 2.45) is 4.99 Å². The molecule has 0 bridgehead atoms. The maximum Gasteiger partial charge on any atom is 0.409 e. The quantitative estimate of drug-likeness (QED) is 0.342. The van der Waals surface area contributed by atoms with Crippen LogP contribution in [-0.2, 0) is 11.2 Å². The smallest absolute Gasteiger partial charge is 0.409 e. The van der Waals surface area contributed by atoms with E-state index in [2.05, 4.69) is 29.0 Å². The number of carbonyl (C=O) groups is 1. The highest BCUT2D eigenvalue weighted by molar-refractivity contribution is 14.0. The van der Waals surface area contributed by atoms with E-state index in [1.807, 2.05) is 31.2 Å². The molecule has 1 saturated heterocycles. The average Bonchev–Trinajstić information content (AvgIpc) is 3.23. The van der Waals surface area contributed by atoms with Crippen LogP contribution in [0, 0.1) is 6.92 Å². The Morgan fingerprint density at radius 1 is 1.16 bits per heavy atom. The first-order chi connectivity index (χ1) is 14.6. The molecular weight excluding hydrogens is 509 g/mol. The lowest BCUT2D eigenvalue weighted by Crippen LogP contribution is -2.54. The molecule has 2 heterocycles. The maximum atomic E-state index is 11.9. The third-order valence-corrected chi connectivity index (χ3v) is 4.92. The summed E-state index contributed by atoms with van der Waals surface area (Å²) in [6.07, 6.45) is 2.16. The summed E-state index contributed by atoms with van der Waals surface area (Å²) in [6.45, 7) is 10.5. The first-order valence-electron chi connectivity index (χ1n) is 10.6. The second kappa shape index (κ2) is 12.5. The predicted octanol–water partition coefficient (Wildman–Crippen LogP) is 3.55. The van der Waals surface area contributed by atoms with Crippen molar-refractivity contribution in [1.29, 1.82) is 0 Å². The number of hydrogen-bond donors (Lipinski definition) is 1. The zero-order valence-electron chi connectivity index (χ0n) is 18.5. The third kappa shape index (κ3) is 7.12. The molecule has 0 saturated carbocycles. The normalized spacial score (nSPS) is 14.2. The largest absolute Gasteiger partial charge is 0.450 e. The van der Waals surface area contributed by atoms with Gasteiger partial charge in [0, 0.05) is 51.3 Å². The number of aromatic nitrogens is 1. The van der Waals surface area contributed by atoms with Crippen molar-refractivity contribution in [2.45, 2.75) is 27.2 Å². The van der Waals surface area contributed by atoms with E-state index in [1.165, 1.54) is 5.56 Å². The van der Waals surface area contributed by atoms with Gasteiger partial charge in [-0.3, -0.25) is 4.99 Å². The molecule has 1 amide bonds. The van der Waals surface area contributed by atoms with E-state index in [4.69, 9.17) is 14.1 Å². The molecule has 1 aliphatic rings. The van der Waals surface area contributed by atoms with E-state index in [-0.39, 0.29) is 30.1 Å². The fourth-order valence-electron chi connectivity index (χ4n) is 3.27. The van der Waals surface area contributed by atoms with Crippen LogP contribution < -0.4 is 5.32 Å². The van der Waals surface area contributed by atoms with E-state index in [0.717, 1.165) is 36.9 Å². The molecule has 0 aliphatic carbocycles. The number of benzene rings is 1. The number of piperazine rings is 1. The zero-order valence-corrected chi connectivity index (χ0v) is 20.8. The van der Waals surface area contributed by atoms with Crippen LogP contribution in [0.15, 0.2) is 39.9 Å². The number of ether oxygens (including phenoxy) is 1. The van der Waals surface area contributed by atoms with Crippen LogP contribution in [0.3, 0.4) is 0 Å². The number of halogens is 1. The van der Waals surface area contributed by atoms with Crippen LogP contribution in [0.5, 0.6) is 0 Å². The molecule has 0 unspecified atom stereocenters. The first-order valence-corrected chi connectivity index (χ1v) is 10.6. The lowest BCUT2D eigenvalue weighted by atomic mass is 10.1. The van der Waals surface area contributed by atoms with Crippen molar-refractivity contribution >= 4 is 36.0 Å². The van der Waals surface area contributed by atoms with E-state index >= 15 is 0 Å². The van der Waals surface area contributed by atoms with Gasteiger partial charge in [-0.1, -0.05) is 17.7 Å². The van der Waals surface area contributed by atoms with E-state index in [1.54, 1.807) is 11.2 Å². The van der Waals surface area contributed by atoms with E-state index < -0.39 is 0 Å². The fourth-order valence-corrected chi connectivity index (χ4v) is 3.27. The monoisotopic (exact) mass is 541 g/mol. The second-order valence-corrected chi connectivity index (χ2v) is 7.17. The fraction of sp³-hybridized carbons (Fsp3) is 0.500. The number of nitrogens with zero attached hydrogens (tertiary/aromatic N) is 4. The molecule has 0 radical (unpaired) electrons. The van der Waals surface area contributed by atoms with Gasteiger partial charge in [0.25, 0.3) is 0 Å². The van der Waals surface area contributed by atoms with Crippen LogP contribution in [0.2, 0.25) is 0 Å². The van der Waals surface area contributed by atoms with Crippen LogP contribution >= 0.6 is 24.0 Å². The SMILES string of the molecule is CCNC(=NCCc1coc(-c2ccc(C)cc2)n1)N1CCN(C(=O)OCC)CC1.I. The van der Waals surface area contributed by atoms with Gasteiger partial charge in [-0.2, -0.15) is 0 Å². The number of nitrogens with one attached hydrogen (secondary N) is 1. The van der Waals surface area contributed by atoms with Crippen molar-refractivity contribution in [3.8, 4) is 11.5 Å². The summed E-state index contributed by atoms with van der Waals surface area (Å²) in [5, 5.41) is 3.34. The Morgan fingerprint density at radius 2 is 1.84 bits per heavy atom. The molecule has 1 N–H and O–H groups in total. The van der Waals surface area contributed by atoms with Crippen LogP contribution in [0.1, 0.15) is 25.1 Å². The Hall–Kier alpha value is -2.30. The van der Waals surface area contributed by atoms with Gasteiger partial charge in [0.05, 0.1) is 12.3 Å². The number of guanidine groups is 1. The van der Waals surface area contributed by atoms with E-state index in [9.17, 15) is 4.79 Å². The summed E-state index contributed by atoms with van der Waals surface area (Å²) in [5.74, 6) is 1.50. The van der Waals surface area contributed by atoms with Gasteiger partial charge in [0.1, 0.15) is 6.26 Å². The van der Waals surface area contributed by atoms with Gasteiger partial charge >= 0.3 is 6.09 Å². The molecule has 8 nitrogen and oxygen atoms in total. The Morgan fingerprint density at radius 3 is 2.48 bits per heavy atom. The molecule has 1 aromatic heterocycles. The van der Waals surface area contributed by atoms with Crippen molar-refractivity contribution in [3.05, 3.63) is 41.8 Å². The highest BCUT2D eigenvalue weighted by Gasteiger charge is 2.23. The molecule has 1 aliphatic heterocycles. The van der Waals surface area contributed by atoms with Gasteiger partial charge in [-0.05, 0) is 32.9 Å². The summed E-state index contributed by atoms with van der Waals surface area (Å²) in [7, 11) is 0. The molecule has 1 fully saturated rings. The highest BCUT2D eigenvalue weighted by Crippen LogP contribution is 2.19. The summed E-state index contributed by atoms with van der Waals surface area (Å²) >= 11 is 0. The Labute approximate surface area is 201 Å². The Balaban J connectivity index is 0.00000341. The topological polar surface area (TPSA) is 83.2 Å². The minimum atomic E-state index is -0.241. The maximum absolute atomic E-state index is 11.9. The number of aryl methyl sites for hydroxylation is 1. The van der Waals surface area contributed by atoms with Crippen LogP contribution in [0.25, 0.3) is 11.5 Å². The van der Waals surface area contributed by atoms with Gasteiger partial charge in [-0.25, -0.2) is 9.78 Å². The molecule has 170 valence electrons. The van der Waals surface area contributed by atoms with Gasteiger partial charge in [-0.15, -0.1) is 24.0 Å². The Bertz CT molecular complexity index is 845. The van der Waals surface area contributed by atoms with E-state index in [0.29, 0.717) is 38.6 Å². The number of amides is 1. The number of hydrogen-bond acceptors (Lipinski definition) is 5. The minimum absolute atomic E-state index is 0. The lowest BCUT2D eigenvalue weighted by molar-refractivity contribution is 0.0914. The van der Waals surface area contributed by atoms with Crippen LogP contribution in [0.4, 0.5) is 4.79 Å². The van der Waals surface area contributed by atoms with Gasteiger partial charge in [0.2, 0.25) is 5.89 Å². The predicted molar refractivity (Wildman–Crippen MR) is 132 cm³/mol. The first kappa shape index (κ1) is 25.0. The third-order valence-electron chi connectivity index (χ3n) is 4.92. The average molecular weight is 541 g/mol. The molecular formula is C22H32IN5O3. The summed E-state index contributed by atoms with van der Waals surface area (Å²) in [6, 6.07) is 8.13. The molecule has 9 heteroatoms. The molecule has 3 rings (SSSR count).